The van der Waals surface area contributed by atoms with Crippen molar-refractivity contribution in [3.8, 4) is 11.5 Å². The zero-order valence-corrected chi connectivity index (χ0v) is 19.6. The number of aryl methyl sites for hydroxylation is 2. The molecule has 2 heterocycles. The van der Waals surface area contributed by atoms with Gasteiger partial charge in [-0.2, -0.15) is 0 Å². The van der Waals surface area contributed by atoms with E-state index in [2.05, 4.69) is 40.6 Å². The Hall–Kier alpha value is -1.83. The van der Waals surface area contributed by atoms with E-state index in [0.29, 0.717) is 29.0 Å². The minimum Gasteiger partial charge on any atom is -0.361 e. The van der Waals surface area contributed by atoms with Gasteiger partial charge in [-0.15, -0.1) is 0 Å². The molecule has 0 atom stereocenters. The summed E-state index contributed by atoms with van der Waals surface area (Å²) in [7, 11) is -1.20. The van der Waals surface area contributed by atoms with Crippen LogP contribution in [-0.2, 0) is 11.5 Å². The fourth-order valence-corrected chi connectivity index (χ4v) is 4.29. The molecule has 0 N–H and O–H groups in total. The minimum absolute atomic E-state index is 0.110. The molecule has 2 aromatic heterocycles. The Labute approximate surface area is 174 Å². The van der Waals surface area contributed by atoms with Crippen molar-refractivity contribution in [2.75, 3.05) is 6.61 Å². The number of pyridine rings is 1. The molecule has 0 bridgehead atoms. The third kappa shape index (κ3) is 4.77. The van der Waals surface area contributed by atoms with Crippen molar-refractivity contribution in [3.05, 3.63) is 56.4 Å². The topological polar surface area (TPSA) is 57.0 Å². The van der Waals surface area contributed by atoms with Gasteiger partial charge in [0.05, 0.1) is 10.9 Å². The van der Waals surface area contributed by atoms with Crippen LogP contribution in [0, 0.1) is 13.8 Å². The van der Waals surface area contributed by atoms with Crippen LogP contribution in [0.1, 0.15) is 11.1 Å². The van der Waals surface area contributed by atoms with Gasteiger partial charge in [-0.1, -0.05) is 35.6 Å². The Morgan fingerprint density at radius 1 is 1.18 bits per heavy atom. The normalized spacial score (nSPS) is 11.9. The standard InChI is InChI=1S/C21H26BrN3O2Si/c1-14-6-7-23-18(10-14)20-24-19-15(2)11-16(22)12-17(19)21(26)25(20)13-27-8-9-28(3,4)5/h6-7,10-12H,8-9,13H2,1-5H3. The molecule has 0 aliphatic rings. The maximum Gasteiger partial charge on any atom is 0.263 e. The molecule has 1 aromatic carbocycles. The van der Waals surface area contributed by atoms with Crippen LogP contribution < -0.4 is 5.56 Å². The smallest absolute Gasteiger partial charge is 0.263 e. The molecule has 0 amide bonds. The molecule has 0 unspecified atom stereocenters. The van der Waals surface area contributed by atoms with Crippen molar-refractivity contribution in [2.24, 2.45) is 0 Å². The van der Waals surface area contributed by atoms with Crippen LogP contribution in [0.25, 0.3) is 22.4 Å². The summed E-state index contributed by atoms with van der Waals surface area (Å²) < 4.78 is 8.36. The predicted octanol–water partition coefficient (Wildman–Crippen LogP) is 5.15. The summed E-state index contributed by atoms with van der Waals surface area (Å²) in [5.74, 6) is 0.541. The average Bonchev–Trinajstić information content (AvgIpc) is 2.59. The number of rotatable bonds is 6. The molecule has 148 valence electrons. The molecule has 3 aromatic rings. The quantitative estimate of drug-likeness (QED) is 0.377. The largest absolute Gasteiger partial charge is 0.361 e. The first-order valence-electron chi connectivity index (χ1n) is 9.37. The van der Waals surface area contributed by atoms with Crippen molar-refractivity contribution in [1.82, 2.24) is 14.5 Å². The molecule has 0 fully saturated rings. The minimum atomic E-state index is -1.20. The van der Waals surface area contributed by atoms with Crippen molar-refractivity contribution in [3.63, 3.8) is 0 Å². The first kappa shape index (κ1) is 20.9. The lowest BCUT2D eigenvalue weighted by Crippen LogP contribution is -2.27. The predicted molar refractivity (Wildman–Crippen MR) is 121 cm³/mol. The lowest BCUT2D eigenvalue weighted by atomic mass is 10.1. The molecule has 0 aliphatic carbocycles. The van der Waals surface area contributed by atoms with Crippen molar-refractivity contribution in [1.29, 1.82) is 0 Å². The Kier molecular flexibility index (Phi) is 6.17. The zero-order chi connectivity index (χ0) is 20.5. The van der Waals surface area contributed by atoms with Gasteiger partial charge in [0.1, 0.15) is 12.4 Å². The van der Waals surface area contributed by atoms with Gasteiger partial charge in [0.15, 0.2) is 5.82 Å². The molecular formula is C21H26BrN3O2Si. The van der Waals surface area contributed by atoms with E-state index in [0.717, 1.165) is 21.6 Å². The van der Waals surface area contributed by atoms with E-state index in [-0.39, 0.29) is 12.3 Å². The molecule has 3 rings (SSSR count). The number of nitrogens with zero attached hydrogens (tertiary/aromatic N) is 3. The van der Waals surface area contributed by atoms with Gasteiger partial charge in [-0.25, -0.2) is 4.98 Å². The number of hydrogen-bond donors (Lipinski definition) is 0. The highest BCUT2D eigenvalue weighted by molar-refractivity contribution is 9.10. The number of benzene rings is 1. The molecule has 0 spiro atoms. The summed E-state index contributed by atoms with van der Waals surface area (Å²) in [4.78, 5) is 22.6. The van der Waals surface area contributed by atoms with Crippen molar-refractivity contribution in [2.45, 2.75) is 46.3 Å². The number of aromatic nitrogens is 3. The van der Waals surface area contributed by atoms with Crippen LogP contribution in [0.2, 0.25) is 25.7 Å². The van der Waals surface area contributed by atoms with Gasteiger partial charge in [0.2, 0.25) is 0 Å². The number of halogens is 1. The Bertz CT molecular complexity index is 1070. The van der Waals surface area contributed by atoms with Gasteiger partial charge in [-0.05, 0) is 55.3 Å². The number of hydrogen-bond acceptors (Lipinski definition) is 4. The van der Waals surface area contributed by atoms with E-state index < -0.39 is 8.07 Å². The van der Waals surface area contributed by atoms with Crippen LogP contribution in [0.5, 0.6) is 0 Å². The van der Waals surface area contributed by atoms with Gasteiger partial charge in [-0.3, -0.25) is 14.3 Å². The summed E-state index contributed by atoms with van der Waals surface area (Å²) in [5.41, 5.74) is 3.28. The van der Waals surface area contributed by atoms with Gasteiger partial charge in [0.25, 0.3) is 5.56 Å². The molecule has 0 aliphatic heterocycles. The van der Waals surface area contributed by atoms with Gasteiger partial charge < -0.3 is 4.74 Å². The third-order valence-electron chi connectivity index (χ3n) is 4.58. The number of ether oxygens (including phenoxy) is 1. The van der Waals surface area contributed by atoms with E-state index in [1.807, 2.05) is 38.1 Å². The summed E-state index contributed by atoms with van der Waals surface area (Å²) in [6, 6.07) is 8.71. The Balaban J connectivity index is 2.11. The molecular weight excluding hydrogens is 434 g/mol. The van der Waals surface area contributed by atoms with E-state index in [9.17, 15) is 4.79 Å². The summed E-state index contributed by atoms with van der Waals surface area (Å²) in [6.45, 7) is 11.7. The molecule has 0 radical (unpaired) electrons. The maximum absolute atomic E-state index is 13.3. The second kappa shape index (κ2) is 8.27. The van der Waals surface area contributed by atoms with E-state index in [1.54, 1.807) is 10.8 Å². The van der Waals surface area contributed by atoms with Crippen LogP contribution in [-0.4, -0.2) is 29.2 Å². The molecule has 0 saturated carbocycles. The lowest BCUT2D eigenvalue weighted by molar-refractivity contribution is 0.0856. The third-order valence-corrected chi connectivity index (χ3v) is 6.74. The van der Waals surface area contributed by atoms with Crippen LogP contribution in [0.15, 0.2) is 39.7 Å². The fraction of sp³-hybridized carbons (Fsp3) is 0.381. The van der Waals surface area contributed by atoms with Gasteiger partial charge in [0, 0.05) is 25.4 Å². The second-order valence-corrected chi connectivity index (χ2v) is 14.9. The Morgan fingerprint density at radius 2 is 1.93 bits per heavy atom. The highest BCUT2D eigenvalue weighted by Crippen LogP contribution is 2.23. The van der Waals surface area contributed by atoms with Crippen LogP contribution >= 0.6 is 15.9 Å². The van der Waals surface area contributed by atoms with E-state index in [1.165, 1.54) is 0 Å². The average molecular weight is 460 g/mol. The molecule has 0 saturated heterocycles. The van der Waals surface area contributed by atoms with Gasteiger partial charge >= 0.3 is 0 Å². The molecule has 5 nitrogen and oxygen atoms in total. The molecule has 7 heteroatoms. The monoisotopic (exact) mass is 459 g/mol. The Morgan fingerprint density at radius 3 is 2.61 bits per heavy atom. The first-order valence-corrected chi connectivity index (χ1v) is 13.9. The fourth-order valence-electron chi connectivity index (χ4n) is 2.96. The molecule has 28 heavy (non-hydrogen) atoms. The zero-order valence-electron chi connectivity index (χ0n) is 17.0. The summed E-state index contributed by atoms with van der Waals surface area (Å²) in [5, 5.41) is 0.581. The second-order valence-electron chi connectivity index (χ2n) is 8.35. The SMILES string of the molecule is Cc1ccnc(-c2nc3c(C)cc(Br)cc3c(=O)n2COCC[Si](C)(C)C)c1. The maximum atomic E-state index is 13.3. The number of fused-ring (bicyclic) bond motifs is 1. The van der Waals surface area contributed by atoms with Crippen LogP contribution in [0.4, 0.5) is 0 Å². The first-order chi connectivity index (χ1) is 13.2. The van der Waals surface area contributed by atoms with E-state index >= 15 is 0 Å². The lowest BCUT2D eigenvalue weighted by Gasteiger charge is -2.17. The highest BCUT2D eigenvalue weighted by Gasteiger charge is 2.17. The van der Waals surface area contributed by atoms with Crippen molar-refractivity contribution < 1.29 is 4.74 Å². The van der Waals surface area contributed by atoms with Crippen molar-refractivity contribution >= 4 is 34.9 Å². The summed E-state index contributed by atoms with van der Waals surface area (Å²) >= 11 is 3.49. The summed E-state index contributed by atoms with van der Waals surface area (Å²) in [6.07, 6.45) is 1.74. The highest BCUT2D eigenvalue weighted by atomic mass is 79.9. The van der Waals surface area contributed by atoms with E-state index in [4.69, 9.17) is 9.72 Å². The van der Waals surface area contributed by atoms with Crippen LogP contribution in [0.3, 0.4) is 0 Å².